The van der Waals surface area contributed by atoms with Gasteiger partial charge in [0, 0.05) is 0 Å². The summed E-state index contributed by atoms with van der Waals surface area (Å²) in [6, 6.07) is 1.06. The fourth-order valence-corrected chi connectivity index (χ4v) is 1.54. The molecule has 1 heterocycles. The predicted octanol–water partition coefficient (Wildman–Crippen LogP) is 2.53. The monoisotopic (exact) mass is 284 g/mol. The molecule has 0 unspecified atom stereocenters. The molecule has 76 valence electrons. The lowest BCUT2D eigenvalue weighted by molar-refractivity contribution is 0.0998. The quantitative estimate of drug-likeness (QED) is 0.849. The molecule has 2 N–H and O–H groups in total. The van der Waals surface area contributed by atoms with Crippen LogP contribution in [0.1, 0.15) is 22.5 Å². The molecule has 0 saturated carbocycles. The number of hydrogen-bond acceptors (Lipinski definition) is 2. The van der Waals surface area contributed by atoms with E-state index in [0.717, 1.165) is 6.07 Å². The lowest BCUT2D eigenvalue weighted by atomic mass is 10.2. The van der Waals surface area contributed by atoms with Gasteiger partial charge in [-0.2, -0.15) is 0 Å². The highest BCUT2D eigenvalue weighted by molar-refractivity contribution is 9.10. The number of pyridine rings is 1. The van der Waals surface area contributed by atoms with Crippen molar-refractivity contribution >= 4 is 33.4 Å². The average molecular weight is 285 g/mol. The number of nitrogens with two attached hydrogens (primary N) is 1. The van der Waals surface area contributed by atoms with Gasteiger partial charge in [-0.1, -0.05) is 11.6 Å². The molecule has 0 fully saturated rings. The molecule has 1 aromatic rings. The van der Waals surface area contributed by atoms with Crippen molar-refractivity contribution in [1.82, 2.24) is 4.98 Å². The molecule has 0 aliphatic carbocycles. The van der Waals surface area contributed by atoms with Crippen LogP contribution >= 0.6 is 27.5 Å². The Labute approximate surface area is 91.4 Å². The first-order valence-corrected chi connectivity index (χ1v) is 4.54. The zero-order valence-electron chi connectivity index (χ0n) is 6.60. The number of primary amides is 1. The van der Waals surface area contributed by atoms with E-state index in [0.29, 0.717) is 0 Å². The van der Waals surface area contributed by atoms with Gasteiger partial charge in [0.05, 0.1) is 10.6 Å². The van der Waals surface area contributed by atoms with Gasteiger partial charge in [0.15, 0.2) is 0 Å². The summed E-state index contributed by atoms with van der Waals surface area (Å²) in [4.78, 5) is 14.2. The van der Waals surface area contributed by atoms with Crippen LogP contribution < -0.4 is 5.73 Å². The van der Waals surface area contributed by atoms with Crippen molar-refractivity contribution in [2.45, 2.75) is 6.43 Å². The van der Waals surface area contributed by atoms with Gasteiger partial charge >= 0.3 is 0 Å². The SMILES string of the molecule is NC(=O)c1cc(Cl)c(C(F)F)nc1Br. The fraction of sp³-hybridized carbons (Fsp3) is 0.143. The Kier molecular flexibility index (Phi) is 3.38. The maximum Gasteiger partial charge on any atom is 0.281 e. The van der Waals surface area contributed by atoms with Crippen LogP contribution in [0, 0.1) is 0 Å². The molecule has 1 rings (SSSR count). The summed E-state index contributed by atoms with van der Waals surface area (Å²) in [6.45, 7) is 0. The third-order valence-electron chi connectivity index (χ3n) is 1.43. The molecule has 0 aliphatic rings. The molecule has 7 heteroatoms. The molecule has 14 heavy (non-hydrogen) atoms. The van der Waals surface area contributed by atoms with Gasteiger partial charge in [-0.15, -0.1) is 0 Å². The summed E-state index contributed by atoms with van der Waals surface area (Å²) in [7, 11) is 0. The first-order chi connectivity index (χ1) is 6.43. The molecule has 1 aromatic heterocycles. The van der Waals surface area contributed by atoms with Gasteiger partial charge in [-0.25, -0.2) is 13.8 Å². The van der Waals surface area contributed by atoms with Crippen LogP contribution in [-0.2, 0) is 0 Å². The van der Waals surface area contributed by atoms with E-state index >= 15 is 0 Å². The molecule has 1 amide bonds. The highest BCUT2D eigenvalue weighted by Gasteiger charge is 2.18. The summed E-state index contributed by atoms with van der Waals surface area (Å²) in [5.74, 6) is -0.785. The molecular weight excluding hydrogens is 281 g/mol. The third-order valence-corrected chi connectivity index (χ3v) is 2.34. The number of hydrogen-bond donors (Lipinski definition) is 1. The van der Waals surface area contributed by atoms with E-state index in [9.17, 15) is 13.6 Å². The van der Waals surface area contributed by atoms with Crippen molar-refractivity contribution in [2.24, 2.45) is 5.73 Å². The van der Waals surface area contributed by atoms with Crippen molar-refractivity contribution in [1.29, 1.82) is 0 Å². The lowest BCUT2D eigenvalue weighted by Crippen LogP contribution is -2.13. The Hall–Kier alpha value is -0.750. The Morgan fingerprint density at radius 2 is 2.21 bits per heavy atom. The van der Waals surface area contributed by atoms with E-state index < -0.39 is 18.0 Å². The Morgan fingerprint density at radius 1 is 1.64 bits per heavy atom. The summed E-state index contributed by atoms with van der Waals surface area (Å²) >= 11 is 8.32. The van der Waals surface area contributed by atoms with Gasteiger partial charge in [-0.3, -0.25) is 4.79 Å². The molecule has 0 aliphatic heterocycles. The van der Waals surface area contributed by atoms with Crippen LogP contribution in [-0.4, -0.2) is 10.9 Å². The second-order valence-corrected chi connectivity index (χ2v) is 3.52. The van der Waals surface area contributed by atoms with Crippen molar-refractivity contribution in [3.63, 3.8) is 0 Å². The van der Waals surface area contributed by atoms with E-state index in [4.69, 9.17) is 17.3 Å². The zero-order chi connectivity index (χ0) is 10.9. The summed E-state index contributed by atoms with van der Waals surface area (Å²) < 4.78 is 24.5. The first kappa shape index (κ1) is 11.3. The summed E-state index contributed by atoms with van der Waals surface area (Å²) in [5.41, 5.74) is 4.35. The number of carbonyl (C=O) groups excluding carboxylic acids is 1. The zero-order valence-corrected chi connectivity index (χ0v) is 8.94. The van der Waals surface area contributed by atoms with E-state index in [2.05, 4.69) is 20.9 Å². The van der Waals surface area contributed by atoms with Crippen molar-refractivity contribution in [3.05, 3.63) is 26.9 Å². The number of carbonyl (C=O) groups is 1. The highest BCUT2D eigenvalue weighted by atomic mass is 79.9. The third kappa shape index (κ3) is 2.19. The number of halogens is 4. The number of nitrogens with zero attached hydrogens (tertiary/aromatic N) is 1. The topological polar surface area (TPSA) is 56.0 Å². The molecule has 3 nitrogen and oxygen atoms in total. The van der Waals surface area contributed by atoms with Gasteiger partial charge in [-0.05, 0) is 22.0 Å². The maximum atomic E-state index is 12.3. The average Bonchev–Trinajstić information content (AvgIpc) is 2.07. The predicted molar refractivity (Wildman–Crippen MR) is 50.4 cm³/mol. The van der Waals surface area contributed by atoms with Gasteiger partial charge in [0.25, 0.3) is 12.3 Å². The smallest absolute Gasteiger partial charge is 0.281 e. The van der Waals surface area contributed by atoms with Gasteiger partial charge in [0.1, 0.15) is 10.3 Å². The second kappa shape index (κ2) is 4.18. The van der Waals surface area contributed by atoms with Crippen LogP contribution in [0.25, 0.3) is 0 Å². The molecule has 0 radical (unpaired) electrons. The first-order valence-electron chi connectivity index (χ1n) is 3.37. The normalized spacial score (nSPS) is 10.6. The van der Waals surface area contributed by atoms with Crippen LogP contribution in [0.2, 0.25) is 5.02 Å². The van der Waals surface area contributed by atoms with Crippen LogP contribution in [0.4, 0.5) is 8.78 Å². The van der Waals surface area contributed by atoms with Crippen molar-refractivity contribution in [3.8, 4) is 0 Å². The molecule has 0 bridgehead atoms. The molecule has 0 saturated heterocycles. The molecular formula is C7H4BrClF2N2O. The summed E-state index contributed by atoms with van der Waals surface area (Å²) in [5, 5.41) is -0.281. The van der Waals surface area contributed by atoms with Gasteiger partial charge in [0.2, 0.25) is 0 Å². The Balaban J connectivity index is 3.31. The fourth-order valence-electron chi connectivity index (χ4n) is 0.805. The number of aromatic nitrogens is 1. The van der Waals surface area contributed by atoms with E-state index in [1.165, 1.54) is 0 Å². The molecule has 0 spiro atoms. The summed E-state index contributed by atoms with van der Waals surface area (Å²) in [6.07, 6.45) is -2.79. The number of rotatable bonds is 2. The standard InChI is InChI=1S/C7H4BrClF2N2O/c8-5-2(7(12)14)1-3(9)4(13-5)6(10)11/h1,6H,(H2,12,14). The van der Waals surface area contributed by atoms with E-state index in [1.54, 1.807) is 0 Å². The Morgan fingerprint density at radius 3 is 2.64 bits per heavy atom. The van der Waals surface area contributed by atoms with Crippen molar-refractivity contribution < 1.29 is 13.6 Å². The van der Waals surface area contributed by atoms with E-state index in [-0.39, 0.29) is 15.2 Å². The number of amides is 1. The lowest BCUT2D eigenvalue weighted by Gasteiger charge is -2.05. The molecule has 0 atom stereocenters. The minimum atomic E-state index is -2.79. The molecule has 0 aromatic carbocycles. The van der Waals surface area contributed by atoms with Gasteiger partial charge < -0.3 is 5.73 Å². The van der Waals surface area contributed by atoms with Crippen LogP contribution in [0.5, 0.6) is 0 Å². The van der Waals surface area contributed by atoms with Crippen LogP contribution in [0.15, 0.2) is 10.7 Å². The van der Waals surface area contributed by atoms with Crippen LogP contribution in [0.3, 0.4) is 0 Å². The minimum absolute atomic E-state index is 0.0283. The largest absolute Gasteiger partial charge is 0.366 e. The van der Waals surface area contributed by atoms with Crippen molar-refractivity contribution in [2.75, 3.05) is 0 Å². The van der Waals surface area contributed by atoms with E-state index in [1.807, 2.05) is 0 Å². The number of alkyl halides is 2. The Bertz CT molecular complexity index is 386. The highest BCUT2D eigenvalue weighted by Crippen LogP contribution is 2.28. The maximum absolute atomic E-state index is 12.3. The minimum Gasteiger partial charge on any atom is -0.366 e. The second-order valence-electron chi connectivity index (χ2n) is 2.36.